The quantitative estimate of drug-likeness (QED) is 0.687. The molecule has 1 aromatic rings. The minimum atomic E-state index is -0.945. The Labute approximate surface area is 137 Å². The van der Waals surface area contributed by atoms with Crippen molar-refractivity contribution in [1.82, 2.24) is 5.32 Å². The number of rotatable bonds is 5. The summed E-state index contributed by atoms with van der Waals surface area (Å²) in [6, 6.07) is 7.26. The Kier molecular flexibility index (Phi) is 6.20. The van der Waals surface area contributed by atoms with E-state index >= 15 is 0 Å². The molecule has 0 aliphatic carbocycles. The molecule has 0 aromatic heterocycles. The molecule has 0 saturated carbocycles. The molecule has 19 heavy (non-hydrogen) atoms. The van der Waals surface area contributed by atoms with E-state index in [0.29, 0.717) is 10.9 Å². The highest BCUT2D eigenvalue weighted by Crippen LogP contribution is 2.19. The molecule has 1 amide bonds. The molecule has 0 atom stereocenters. The smallest absolute Gasteiger partial charge is 0.252 e. The number of benzene rings is 1. The first kappa shape index (κ1) is 16.9. The Morgan fingerprint density at radius 1 is 1.32 bits per heavy atom. The van der Waals surface area contributed by atoms with Gasteiger partial charge >= 0.3 is 0 Å². The molecule has 1 aromatic carbocycles. The van der Waals surface area contributed by atoms with Crippen LogP contribution in [0.5, 0.6) is 0 Å². The zero-order chi connectivity index (χ0) is 14.6. The Balaban J connectivity index is 2.87. The number of Topliss-reactive ketones (excluding diaryl/α,β-unsaturated/α-hetero) is 1. The summed E-state index contributed by atoms with van der Waals surface area (Å²) >= 11 is 9.65. The SMILES string of the molecule is CC(C)(NC(=O)c1cccc(CBr)c1)C(=O)C(Br)Br. The standard InChI is InChI=1S/C13H14Br3NO2/c1-13(2,10(18)11(15)16)17-12(19)9-5-3-4-8(6-9)7-14/h3-6,11H,7H2,1-2H3,(H,17,19). The van der Waals surface area contributed by atoms with Crippen molar-refractivity contribution in [2.24, 2.45) is 0 Å². The van der Waals surface area contributed by atoms with Crippen LogP contribution in [0.3, 0.4) is 0 Å². The van der Waals surface area contributed by atoms with E-state index in [1.54, 1.807) is 26.0 Å². The zero-order valence-electron chi connectivity index (χ0n) is 10.5. The van der Waals surface area contributed by atoms with Gasteiger partial charge in [-0.1, -0.05) is 59.9 Å². The molecule has 1 N–H and O–H groups in total. The fourth-order valence-electron chi connectivity index (χ4n) is 1.49. The van der Waals surface area contributed by atoms with Crippen LogP contribution in [-0.2, 0) is 10.1 Å². The van der Waals surface area contributed by atoms with Gasteiger partial charge < -0.3 is 5.32 Å². The van der Waals surface area contributed by atoms with Crippen LogP contribution < -0.4 is 5.32 Å². The zero-order valence-corrected chi connectivity index (χ0v) is 15.3. The number of ketones is 1. The van der Waals surface area contributed by atoms with Gasteiger partial charge in [0.15, 0.2) is 5.78 Å². The summed E-state index contributed by atoms with van der Waals surface area (Å²) in [5, 5.41) is 3.42. The topological polar surface area (TPSA) is 46.2 Å². The van der Waals surface area contributed by atoms with Crippen molar-refractivity contribution >= 4 is 59.5 Å². The number of amides is 1. The summed E-state index contributed by atoms with van der Waals surface area (Å²) < 4.78 is -0.482. The van der Waals surface area contributed by atoms with Crippen molar-refractivity contribution < 1.29 is 9.59 Å². The first-order valence-electron chi connectivity index (χ1n) is 5.58. The third-order valence-electron chi connectivity index (χ3n) is 2.58. The van der Waals surface area contributed by atoms with Gasteiger partial charge in [-0.25, -0.2) is 0 Å². The molecule has 0 aliphatic rings. The fourth-order valence-corrected chi connectivity index (χ4v) is 2.98. The van der Waals surface area contributed by atoms with Gasteiger partial charge in [0.1, 0.15) is 3.74 Å². The van der Waals surface area contributed by atoms with E-state index in [1.165, 1.54) is 0 Å². The summed E-state index contributed by atoms with van der Waals surface area (Å²) in [7, 11) is 0. The predicted octanol–water partition coefficient (Wildman–Crippen LogP) is 3.77. The highest BCUT2D eigenvalue weighted by molar-refractivity contribution is 9.25. The third kappa shape index (κ3) is 4.68. The van der Waals surface area contributed by atoms with E-state index in [-0.39, 0.29) is 11.7 Å². The van der Waals surface area contributed by atoms with Gasteiger partial charge in [0.2, 0.25) is 0 Å². The van der Waals surface area contributed by atoms with Crippen molar-refractivity contribution in [3.05, 3.63) is 35.4 Å². The van der Waals surface area contributed by atoms with Gasteiger partial charge in [0, 0.05) is 10.9 Å². The minimum Gasteiger partial charge on any atom is -0.340 e. The van der Waals surface area contributed by atoms with E-state index in [4.69, 9.17) is 0 Å². The molecule has 104 valence electrons. The first-order chi connectivity index (χ1) is 8.77. The average molecular weight is 456 g/mol. The summed E-state index contributed by atoms with van der Waals surface area (Å²) in [5.41, 5.74) is 0.605. The van der Waals surface area contributed by atoms with Crippen LogP contribution >= 0.6 is 47.8 Å². The largest absolute Gasteiger partial charge is 0.340 e. The van der Waals surface area contributed by atoms with Crippen LogP contribution in [0.25, 0.3) is 0 Å². The Morgan fingerprint density at radius 3 is 2.47 bits per heavy atom. The number of hydrogen-bond donors (Lipinski definition) is 1. The molecule has 1 rings (SSSR count). The number of alkyl halides is 3. The van der Waals surface area contributed by atoms with Gasteiger partial charge in [-0.05, 0) is 31.5 Å². The Morgan fingerprint density at radius 2 is 1.95 bits per heavy atom. The fraction of sp³-hybridized carbons (Fsp3) is 0.385. The lowest BCUT2D eigenvalue weighted by Gasteiger charge is -2.25. The second-order valence-electron chi connectivity index (χ2n) is 4.58. The predicted molar refractivity (Wildman–Crippen MR) is 87.3 cm³/mol. The number of nitrogens with one attached hydrogen (secondary N) is 1. The second kappa shape index (κ2) is 6.99. The van der Waals surface area contributed by atoms with Crippen LogP contribution in [0.15, 0.2) is 24.3 Å². The van der Waals surface area contributed by atoms with E-state index in [1.807, 2.05) is 12.1 Å². The maximum absolute atomic E-state index is 12.1. The minimum absolute atomic E-state index is 0.141. The molecule has 6 heteroatoms. The summed E-state index contributed by atoms with van der Waals surface area (Å²) in [6.07, 6.45) is 0. The lowest BCUT2D eigenvalue weighted by atomic mass is 9.99. The van der Waals surface area contributed by atoms with Crippen molar-refractivity contribution in [1.29, 1.82) is 0 Å². The summed E-state index contributed by atoms with van der Waals surface area (Å²) in [6.45, 7) is 3.36. The maximum Gasteiger partial charge on any atom is 0.252 e. The number of hydrogen-bond acceptors (Lipinski definition) is 2. The lowest BCUT2D eigenvalue weighted by molar-refractivity contribution is -0.121. The monoisotopic (exact) mass is 453 g/mol. The van der Waals surface area contributed by atoms with Gasteiger partial charge in [0.05, 0.1) is 5.54 Å². The molecule has 0 bridgehead atoms. The number of carbonyl (C=O) groups is 2. The molecule has 0 saturated heterocycles. The normalized spacial score (nSPS) is 11.5. The van der Waals surface area contributed by atoms with Crippen molar-refractivity contribution in [3.63, 3.8) is 0 Å². The molecular weight excluding hydrogens is 442 g/mol. The van der Waals surface area contributed by atoms with Crippen molar-refractivity contribution in [3.8, 4) is 0 Å². The highest BCUT2D eigenvalue weighted by Gasteiger charge is 2.32. The van der Waals surface area contributed by atoms with Gasteiger partial charge in [-0.3, -0.25) is 9.59 Å². The van der Waals surface area contributed by atoms with E-state index in [2.05, 4.69) is 53.1 Å². The van der Waals surface area contributed by atoms with Gasteiger partial charge in [0.25, 0.3) is 5.91 Å². The molecule has 0 heterocycles. The molecule has 0 fully saturated rings. The first-order valence-corrected chi connectivity index (χ1v) is 8.53. The molecule has 0 spiro atoms. The van der Waals surface area contributed by atoms with Crippen LogP contribution in [-0.4, -0.2) is 21.0 Å². The number of carbonyl (C=O) groups excluding carboxylic acids is 2. The summed E-state index contributed by atoms with van der Waals surface area (Å²) in [5.74, 6) is -0.403. The highest BCUT2D eigenvalue weighted by atomic mass is 79.9. The van der Waals surface area contributed by atoms with Crippen LogP contribution in [0.1, 0.15) is 29.8 Å². The average Bonchev–Trinajstić information content (AvgIpc) is 2.37. The van der Waals surface area contributed by atoms with Crippen LogP contribution in [0.4, 0.5) is 0 Å². The van der Waals surface area contributed by atoms with Crippen LogP contribution in [0.2, 0.25) is 0 Å². The Bertz CT molecular complexity index is 487. The third-order valence-corrected chi connectivity index (χ3v) is 4.06. The maximum atomic E-state index is 12.1. The van der Waals surface area contributed by atoms with E-state index in [0.717, 1.165) is 5.56 Å². The Hall–Kier alpha value is -0.200. The molecule has 0 radical (unpaired) electrons. The molecule has 0 aliphatic heterocycles. The van der Waals surface area contributed by atoms with Gasteiger partial charge in [-0.2, -0.15) is 0 Å². The lowest BCUT2D eigenvalue weighted by Crippen LogP contribution is -2.51. The van der Waals surface area contributed by atoms with E-state index < -0.39 is 9.28 Å². The molecular formula is C13H14Br3NO2. The van der Waals surface area contributed by atoms with Crippen molar-refractivity contribution in [2.45, 2.75) is 28.5 Å². The summed E-state index contributed by atoms with van der Waals surface area (Å²) in [4.78, 5) is 24.1. The van der Waals surface area contributed by atoms with E-state index in [9.17, 15) is 9.59 Å². The van der Waals surface area contributed by atoms with Gasteiger partial charge in [-0.15, -0.1) is 0 Å². The number of halogens is 3. The second-order valence-corrected chi connectivity index (χ2v) is 8.20. The molecule has 3 nitrogen and oxygen atoms in total. The van der Waals surface area contributed by atoms with Crippen molar-refractivity contribution in [2.75, 3.05) is 0 Å². The molecule has 0 unspecified atom stereocenters. The van der Waals surface area contributed by atoms with Crippen LogP contribution in [0, 0.1) is 0 Å².